The van der Waals surface area contributed by atoms with E-state index in [9.17, 15) is 9.59 Å². The Kier molecular flexibility index (Phi) is 10.5. The Bertz CT molecular complexity index is 503. The number of carboxylic acid groups (broad SMARTS) is 1. The van der Waals surface area contributed by atoms with Crippen LogP contribution in [0.1, 0.15) is 80.8 Å². The first-order chi connectivity index (χ1) is 11.6. The molecule has 1 aromatic rings. The number of hydrogen-bond donors (Lipinski definition) is 2. The molecule has 2 N–H and O–H groups in total. The first-order valence-electron chi connectivity index (χ1n) is 9.08. The van der Waals surface area contributed by atoms with Crippen molar-refractivity contribution in [1.82, 2.24) is 10.3 Å². The third-order valence-electron chi connectivity index (χ3n) is 4.00. The number of carbonyl (C=O) groups is 2. The van der Waals surface area contributed by atoms with E-state index in [1.807, 2.05) is 6.07 Å². The van der Waals surface area contributed by atoms with Gasteiger partial charge in [-0.05, 0) is 30.5 Å². The number of pyridine rings is 1. The molecule has 0 atom stereocenters. The van der Waals surface area contributed by atoms with Crippen LogP contribution in [0.3, 0.4) is 0 Å². The molecule has 0 fully saturated rings. The van der Waals surface area contributed by atoms with Gasteiger partial charge in [-0.25, -0.2) is 0 Å². The monoisotopic (exact) mass is 334 g/mol. The Balaban J connectivity index is 2.24. The van der Waals surface area contributed by atoms with Gasteiger partial charge in [0.05, 0.1) is 6.42 Å². The molecule has 0 saturated heterocycles. The molecule has 0 aliphatic heterocycles. The van der Waals surface area contributed by atoms with Crippen LogP contribution in [0, 0.1) is 0 Å². The number of nitrogens with one attached hydrogen (secondary N) is 1. The third kappa shape index (κ3) is 9.28. The molecule has 0 saturated carbocycles. The van der Waals surface area contributed by atoms with E-state index in [-0.39, 0.29) is 18.9 Å². The zero-order chi connectivity index (χ0) is 17.6. The van der Waals surface area contributed by atoms with Crippen LogP contribution in [-0.2, 0) is 11.2 Å². The summed E-state index contributed by atoms with van der Waals surface area (Å²) < 4.78 is 0. The maximum absolute atomic E-state index is 11.9. The Labute approximate surface area is 144 Å². The summed E-state index contributed by atoms with van der Waals surface area (Å²) in [4.78, 5) is 26.4. The van der Waals surface area contributed by atoms with Gasteiger partial charge in [0, 0.05) is 12.7 Å². The molecule has 1 heterocycles. The molecule has 1 amide bonds. The number of hydrogen-bond acceptors (Lipinski definition) is 3. The van der Waals surface area contributed by atoms with Gasteiger partial charge in [0.25, 0.3) is 5.91 Å². The summed E-state index contributed by atoms with van der Waals surface area (Å²) in [7, 11) is 0. The molecule has 24 heavy (non-hydrogen) atoms. The molecule has 1 aromatic heterocycles. The summed E-state index contributed by atoms with van der Waals surface area (Å²) in [5, 5.41) is 11.2. The van der Waals surface area contributed by atoms with Crippen LogP contribution in [0.4, 0.5) is 0 Å². The Hall–Kier alpha value is -1.91. The predicted octanol–water partition coefficient (Wildman–Crippen LogP) is 3.97. The number of rotatable bonds is 13. The quantitative estimate of drug-likeness (QED) is 0.535. The zero-order valence-electron chi connectivity index (χ0n) is 14.7. The van der Waals surface area contributed by atoms with Gasteiger partial charge in [-0.1, -0.05) is 51.9 Å². The lowest BCUT2D eigenvalue weighted by atomic mass is 10.0. The minimum Gasteiger partial charge on any atom is -0.481 e. The molecule has 5 nitrogen and oxygen atoms in total. The number of aromatic nitrogens is 1. The number of unbranched alkanes of at least 4 members (excludes halogenated alkanes) is 7. The molecule has 0 aromatic carbocycles. The zero-order valence-corrected chi connectivity index (χ0v) is 14.7. The SMILES string of the molecule is CCCCCCCCCCc1ccnc(C(=O)NCCC(=O)O)c1. The molecule has 0 bridgehead atoms. The van der Waals surface area contributed by atoms with Crippen molar-refractivity contribution in [2.45, 2.75) is 71.1 Å². The van der Waals surface area contributed by atoms with Crippen molar-refractivity contribution in [1.29, 1.82) is 0 Å². The van der Waals surface area contributed by atoms with Crippen molar-refractivity contribution in [3.8, 4) is 0 Å². The average molecular weight is 334 g/mol. The third-order valence-corrected chi connectivity index (χ3v) is 4.00. The fourth-order valence-electron chi connectivity index (χ4n) is 2.59. The van der Waals surface area contributed by atoms with Crippen LogP contribution in [0.2, 0.25) is 0 Å². The molecule has 0 aliphatic carbocycles. The lowest BCUT2D eigenvalue weighted by molar-refractivity contribution is -0.136. The maximum Gasteiger partial charge on any atom is 0.305 e. The lowest BCUT2D eigenvalue weighted by Gasteiger charge is -2.06. The Morgan fingerprint density at radius 1 is 1.08 bits per heavy atom. The highest BCUT2D eigenvalue weighted by Gasteiger charge is 2.08. The van der Waals surface area contributed by atoms with Crippen molar-refractivity contribution in [3.05, 3.63) is 29.6 Å². The van der Waals surface area contributed by atoms with E-state index in [1.165, 1.54) is 44.9 Å². The first kappa shape index (κ1) is 20.1. The smallest absolute Gasteiger partial charge is 0.305 e. The number of aliphatic carboxylic acids is 1. The average Bonchev–Trinajstić information content (AvgIpc) is 2.57. The van der Waals surface area contributed by atoms with E-state index in [1.54, 1.807) is 12.3 Å². The molecule has 0 unspecified atom stereocenters. The van der Waals surface area contributed by atoms with Crippen molar-refractivity contribution >= 4 is 11.9 Å². The topological polar surface area (TPSA) is 79.3 Å². The summed E-state index contributed by atoms with van der Waals surface area (Å²) >= 11 is 0. The number of amides is 1. The fourth-order valence-corrected chi connectivity index (χ4v) is 2.59. The molecule has 0 aliphatic rings. The fraction of sp³-hybridized carbons (Fsp3) is 0.632. The molecule has 5 heteroatoms. The summed E-state index contributed by atoms with van der Waals surface area (Å²) in [6.07, 6.45) is 12.8. The van der Waals surface area contributed by atoms with Gasteiger partial charge in [-0.3, -0.25) is 14.6 Å². The molecular weight excluding hydrogens is 304 g/mol. The van der Waals surface area contributed by atoms with Gasteiger partial charge in [-0.15, -0.1) is 0 Å². The van der Waals surface area contributed by atoms with Crippen molar-refractivity contribution < 1.29 is 14.7 Å². The van der Waals surface area contributed by atoms with Crippen LogP contribution >= 0.6 is 0 Å². The van der Waals surface area contributed by atoms with E-state index >= 15 is 0 Å². The Morgan fingerprint density at radius 2 is 1.75 bits per heavy atom. The van der Waals surface area contributed by atoms with Crippen LogP contribution < -0.4 is 5.32 Å². The number of carbonyl (C=O) groups excluding carboxylic acids is 1. The van der Waals surface area contributed by atoms with E-state index in [0.29, 0.717) is 5.69 Å². The van der Waals surface area contributed by atoms with Crippen molar-refractivity contribution in [3.63, 3.8) is 0 Å². The normalized spacial score (nSPS) is 10.5. The van der Waals surface area contributed by atoms with Crippen LogP contribution in [0.5, 0.6) is 0 Å². The van der Waals surface area contributed by atoms with Crippen molar-refractivity contribution in [2.75, 3.05) is 6.54 Å². The van der Waals surface area contributed by atoms with Crippen molar-refractivity contribution in [2.24, 2.45) is 0 Å². The highest BCUT2D eigenvalue weighted by molar-refractivity contribution is 5.92. The highest BCUT2D eigenvalue weighted by Crippen LogP contribution is 2.11. The number of carboxylic acids is 1. The second-order valence-electron chi connectivity index (χ2n) is 6.17. The molecular formula is C19H30N2O3. The molecule has 134 valence electrons. The summed E-state index contributed by atoms with van der Waals surface area (Å²) in [5.41, 5.74) is 1.47. The van der Waals surface area contributed by atoms with Gasteiger partial charge in [-0.2, -0.15) is 0 Å². The van der Waals surface area contributed by atoms with Gasteiger partial charge < -0.3 is 10.4 Å². The minimum absolute atomic E-state index is 0.0797. The van der Waals surface area contributed by atoms with Crippen LogP contribution in [0.25, 0.3) is 0 Å². The molecule has 0 spiro atoms. The van der Waals surface area contributed by atoms with Gasteiger partial charge in [0.15, 0.2) is 0 Å². The van der Waals surface area contributed by atoms with E-state index < -0.39 is 5.97 Å². The first-order valence-corrected chi connectivity index (χ1v) is 9.08. The van der Waals surface area contributed by atoms with E-state index in [2.05, 4.69) is 17.2 Å². The van der Waals surface area contributed by atoms with Crippen LogP contribution in [0.15, 0.2) is 18.3 Å². The number of aryl methyl sites for hydroxylation is 1. The Morgan fingerprint density at radius 3 is 2.42 bits per heavy atom. The second kappa shape index (κ2) is 12.5. The predicted molar refractivity (Wildman–Crippen MR) is 95.1 cm³/mol. The van der Waals surface area contributed by atoms with Gasteiger partial charge in [0.2, 0.25) is 0 Å². The highest BCUT2D eigenvalue weighted by atomic mass is 16.4. The van der Waals surface area contributed by atoms with Gasteiger partial charge >= 0.3 is 5.97 Å². The largest absolute Gasteiger partial charge is 0.481 e. The van der Waals surface area contributed by atoms with Crippen LogP contribution in [-0.4, -0.2) is 28.5 Å². The van der Waals surface area contributed by atoms with Gasteiger partial charge in [0.1, 0.15) is 5.69 Å². The maximum atomic E-state index is 11.9. The minimum atomic E-state index is -0.924. The summed E-state index contributed by atoms with van der Waals surface area (Å²) in [5.74, 6) is -1.24. The molecule has 0 radical (unpaired) electrons. The standard InChI is InChI=1S/C19H30N2O3/c1-2-3-4-5-6-7-8-9-10-16-11-13-20-17(15-16)19(24)21-14-12-18(22)23/h11,13,15H,2-10,12,14H2,1H3,(H,21,24)(H,22,23). The second-order valence-corrected chi connectivity index (χ2v) is 6.17. The van der Waals surface area contributed by atoms with E-state index in [0.717, 1.165) is 18.4 Å². The molecule has 1 rings (SSSR count). The summed E-state index contributed by atoms with van der Waals surface area (Å²) in [6, 6.07) is 3.74. The lowest BCUT2D eigenvalue weighted by Crippen LogP contribution is -2.26. The van der Waals surface area contributed by atoms with E-state index in [4.69, 9.17) is 5.11 Å². The summed E-state index contributed by atoms with van der Waals surface area (Å²) in [6.45, 7) is 2.35. The number of nitrogens with zero attached hydrogens (tertiary/aromatic N) is 1.